The molecule has 0 aliphatic heterocycles. The van der Waals surface area contributed by atoms with E-state index >= 15 is 0 Å². The third-order valence-electron chi connectivity index (χ3n) is 5.68. The third-order valence-corrected chi connectivity index (χ3v) is 5.68. The second kappa shape index (κ2) is 9.82. The molecule has 0 radical (unpaired) electrons. The minimum atomic E-state index is -0.503. The molecule has 0 aromatic carbocycles. The highest BCUT2D eigenvalue weighted by atomic mass is 16.2. The lowest BCUT2D eigenvalue weighted by atomic mass is 9.73. The summed E-state index contributed by atoms with van der Waals surface area (Å²) in [5, 5.41) is 4.19. The van der Waals surface area contributed by atoms with Crippen LogP contribution >= 0.6 is 0 Å². The molecule has 2 rings (SSSR count). The Bertz CT molecular complexity index is 910. The molecule has 8 nitrogen and oxygen atoms in total. The van der Waals surface area contributed by atoms with Crippen molar-refractivity contribution in [3.05, 3.63) is 49.8 Å². The van der Waals surface area contributed by atoms with Crippen LogP contribution in [0.4, 0.5) is 0 Å². The van der Waals surface area contributed by atoms with Crippen molar-refractivity contribution in [2.24, 2.45) is 24.8 Å². The number of hydrazine groups is 1. The van der Waals surface area contributed by atoms with Gasteiger partial charge in [-0.05, 0) is 43.9 Å². The largest absolute Gasteiger partial charge is 0.344 e. The van der Waals surface area contributed by atoms with E-state index in [1.165, 1.54) is 17.3 Å². The Morgan fingerprint density at radius 3 is 2.69 bits per heavy atom. The summed E-state index contributed by atoms with van der Waals surface area (Å²) in [5.41, 5.74) is 6.81. The Morgan fingerprint density at radius 2 is 2.10 bits per heavy atom. The van der Waals surface area contributed by atoms with E-state index in [2.05, 4.69) is 40.9 Å². The minimum absolute atomic E-state index is 0.0912. The number of aromatic amines is 1. The molecule has 1 aromatic heterocycles. The molecule has 1 aromatic rings. The Kier molecular flexibility index (Phi) is 7.73. The van der Waals surface area contributed by atoms with Crippen LogP contribution in [-0.4, -0.2) is 27.7 Å². The first kappa shape index (κ1) is 22.8. The summed E-state index contributed by atoms with van der Waals surface area (Å²) in [6, 6.07) is 0. The normalized spacial score (nSPS) is 22.5. The van der Waals surface area contributed by atoms with E-state index in [4.69, 9.17) is 0 Å². The van der Waals surface area contributed by atoms with Gasteiger partial charge in [0.15, 0.2) is 0 Å². The van der Waals surface area contributed by atoms with Crippen molar-refractivity contribution in [2.75, 3.05) is 7.05 Å². The number of carbonyl (C=O) groups excluding carboxylic acids is 1. The first-order valence-electron chi connectivity index (χ1n) is 10.2. The maximum atomic E-state index is 12.2. The monoisotopic (exact) mass is 403 g/mol. The zero-order valence-electron chi connectivity index (χ0n) is 18.2. The first-order valence-corrected chi connectivity index (χ1v) is 10.2. The van der Waals surface area contributed by atoms with Crippen LogP contribution in [0.3, 0.4) is 0 Å². The van der Waals surface area contributed by atoms with E-state index in [0.717, 1.165) is 24.8 Å². The number of allylic oxidation sites excluding steroid dienone is 3. The van der Waals surface area contributed by atoms with E-state index in [9.17, 15) is 14.4 Å². The molecule has 3 N–H and O–H groups in total. The number of aryl methyl sites for hydroxylation is 1. The van der Waals surface area contributed by atoms with E-state index < -0.39 is 11.2 Å². The molecule has 1 aliphatic carbocycles. The molecular weight excluding hydrogens is 370 g/mol. The van der Waals surface area contributed by atoms with Crippen LogP contribution in [0, 0.1) is 17.8 Å². The number of H-pyrrole nitrogens is 1. The predicted molar refractivity (Wildman–Crippen MR) is 113 cm³/mol. The zero-order valence-corrected chi connectivity index (χ0v) is 18.2. The molecule has 0 saturated carbocycles. The first-order chi connectivity index (χ1) is 13.6. The summed E-state index contributed by atoms with van der Waals surface area (Å²) in [7, 11) is 3.21. The standard InChI is InChI=1S/C21H33N5O3/c1-12(2)16(19(27)24-22-5)8-7-9-17-13(3)10-15(11-14(17)4)18-20(28)23-21(29)26(6)25-18/h8,10,12,14-15,17,22H,7,9,11H2,1-6H3,(H,24,27)(H,23,28,29)/b16-8-. The van der Waals surface area contributed by atoms with Crippen molar-refractivity contribution in [2.45, 2.75) is 52.9 Å². The van der Waals surface area contributed by atoms with Gasteiger partial charge in [-0.1, -0.05) is 38.5 Å². The van der Waals surface area contributed by atoms with Crippen molar-refractivity contribution < 1.29 is 4.79 Å². The van der Waals surface area contributed by atoms with E-state index in [1.54, 1.807) is 7.05 Å². The van der Waals surface area contributed by atoms with E-state index in [1.807, 2.05) is 19.9 Å². The van der Waals surface area contributed by atoms with Crippen molar-refractivity contribution in [1.82, 2.24) is 25.6 Å². The van der Waals surface area contributed by atoms with Crippen LogP contribution in [0.1, 0.15) is 58.6 Å². The maximum absolute atomic E-state index is 12.2. The highest BCUT2D eigenvalue weighted by Crippen LogP contribution is 2.39. The quantitative estimate of drug-likeness (QED) is 0.365. The van der Waals surface area contributed by atoms with Crippen molar-refractivity contribution in [3.8, 4) is 0 Å². The summed E-state index contributed by atoms with van der Waals surface area (Å²) in [6.07, 6.45) is 6.69. The fraction of sp³-hybridized carbons (Fsp3) is 0.619. The molecule has 3 unspecified atom stereocenters. The van der Waals surface area contributed by atoms with Gasteiger partial charge in [0, 0.05) is 25.6 Å². The molecular formula is C21H33N5O3. The summed E-state index contributed by atoms with van der Waals surface area (Å²) in [5.74, 6) is 0.711. The molecule has 29 heavy (non-hydrogen) atoms. The van der Waals surface area contributed by atoms with Gasteiger partial charge in [0.25, 0.3) is 11.5 Å². The Hall–Kier alpha value is -2.48. The van der Waals surface area contributed by atoms with Crippen LogP contribution in [0.15, 0.2) is 32.9 Å². The van der Waals surface area contributed by atoms with E-state index in [0.29, 0.717) is 17.5 Å². The zero-order chi connectivity index (χ0) is 21.7. The van der Waals surface area contributed by atoms with Crippen molar-refractivity contribution in [3.63, 3.8) is 0 Å². The molecule has 160 valence electrons. The van der Waals surface area contributed by atoms with Gasteiger partial charge in [-0.2, -0.15) is 5.10 Å². The number of nitrogens with one attached hydrogen (secondary N) is 3. The molecule has 0 bridgehead atoms. The number of nitrogens with zero attached hydrogens (tertiary/aromatic N) is 2. The highest BCUT2D eigenvalue weighted by molar-refractivity contribution is 5.93. The number of aromatic nitrogens is 3. The van der Waals surface area contributed by atoms with Crippen molar-refractivity contribution in [1.29, 1.82) is 0 Å². The fourth-order valence-electron chi connectivity index (χ4n) is 4.16. The highest BCUT2D eigenvalue weighted by Gasteiger charge is 2.30. The Labute approximate surface area is 171 Å². The average molecular weight is 404 g/mol. The number of rotatable bonds is 7. The van der Waals surface area contributed by atoms with E-state index in [-0.39, 0.29) is 17.7 Å². The molecule has 1 heterocycles. The van der Waals surface area contributed by atoms with Crippen LogP contribution in [0.2, 0.25) is 0 Å². The lowest BCUT2D eigenvalue weighted by Crippen LogP contribution is -2.36. The molecule has 0 spiro atoms. The van der Waals surface area contributed by atoms with Crippen molar-refractivity contribution >= 4 is 5.91 Å². The number of hydrogen-bond acceptors (Lipinski definition) is 5. The minimum Gasteiger partial charge on any atom is -0.288 e. The van der Waals surface area contributed by atoms with Gasteiger partial charge < -0.3 is 0 Å². The van der Waals surface area contributed by atoms with Crippen LogP contribution < -0.4 is 22.1 Å². The molecule has 1 amide bonds. The summed E-state index contributed by atoms with van der Waals surface area (Å²) in [4.78, 5) is 38.3. The lowest BCUT2D eigenvalue weighted by molar-refractivity contribution is -0.118. The van der Waals surface area contributed by atoms with Gasteiger partial charge in [-0.3, -0.25) is 20.0 Å². The van der Waals surface area contributed by atoms with Gasteiger partial charge in [0.1, 0.15) is 5.69 Å². The fourth-order valence-corrected chi connectivity index (χ4v) is 4.16. The molecule has 8 heteroatoms. The topological polar surface area (TPSA) is 109 Å². The second-order valence-corrected chi connectivity index (χ2v) is 8.20. The molecule has 0 saturated heterocycles. The number of carbonyl (C=O) groups is 1. The number of amides is 1. The third kappa shape index (κ3) is 5.53. The van der Waals surface area contributed by atoms with Gasteiger partial charge in [0.05, 0.1) is 0 Å². The Morgan fingerprint density at radius 1 is 1.41 bits per heavy atom. The summed E-state index contributed by atoms with van der Waals surface area (Å²) >= 11 is 0. The van der Waals surface area contributed by atoms with Crippen LogP contribution in [-0.2, 0) is 11.8 Å². The lowest BCUT2D eigenvalue weighted by Gasteiger charge is -2.32. The number of hydrogen-bond donors (Lipinski definition) is 3. The van der Waals surface area contributed by atoms with Gasteiger partial charge >= 0.3 is 5.69 Å². The maximum Gasteiger partial charge on any atom is 0.344 e. The van der Waals surface area contributed by atoms with Crippen LogP contribution in [0.5, 0.6) is 0 Å². The summed E-state index contributed by atoms with van der Waals surface area (Å²) in [6.45, 7) is 8.30. The molecule has 3 atom stereocenters. The molecule has 0 fully saturated rings. The van der Waals surface area contributed by atoms with Gasteiger partial charge in [0.2, 0.25) is 0 Å². The van der Waals surface area contributed by atoms with Gasteiger partial charge in [-0.25, -0.2) is 14.9 Å². The SMILES string of the molecule is CNNC(=O)/C(=C\CCC1C(C)=CC(c2nn(C)c(=O)[nH]c2=O)CC1C)C(C)C. The summed E-state index contributed by atoms with van der Waals surface area (Å²) < 4.78 is 1.17. The average Bonchev–Trinajstić information content (AvgIpc) is 2.63. The van der Waals surface area contributed by atoms with Crippen LogP contribution in [0.25, 0.3) is 0 Å². The smallest absolute Gasteiger partial charge is 0.288 e. The Balaban J connectivity index is 2.15. The predicted octanol–water partition coefficient (Wildman–Crippen LogP) is 1.77. The second-order valence-electron chi connectivity index (χ2n) is 8.20. The van der Waals surface area contributed by atoms with Gasteiger partial charge in [-0.15, -0.1) is 0 Å². The molecule has 1 aliphatic rings.